The Balaban J connectivity index is 2.13. The first-order chi connectivity index (χ1) is 8.79. The molecule has 8 heteroatoms. The first-order valence-corrected chi connectivity index (χ1v) is 8.25. The summed E-state index contributed by atoms with van der Waals surface area (Å²) >= 11 is 1.05. The van der Waals surface area contributed by atoms with Crippen LogP contribution in [0.4, 0.5) is 0 Å². The Morgan fingerprint density at radius 1 is 1.42 bits per heavy atom. The summed E-state index contributed by atoms with van der Waals surface area (Å²) in [4.78, 5) is 15.9. The molecular formula is C11H16N2O4S2. The lowest BCUT2D eigenvalue weighted by atomic mass is 10.2. The highest BCUT2D eigenvalue weighted by Gasteiger charge is 2.32. The van der Waals surface area contributed by atoms with E-state index < -0.39 is 22.0 Å². The molecule has 0 spiro atoms. The van der Waals surface area contributed by atoms with Crippen molar-refractivity contribution in [3.8, 4) is 0 Å². The van der Waals surface area contributed by atoms with Crippen LogP contribution in [-0.2, 0) is 19.6 Å². The molecule has 1 amide bonds. The van der Waals surface area contributed by atoms with Crippen LogP contribution in [0.15, 0.2) is 4.21 Å². The average molecular weight is 304 g/mol. The monoisotopic (exact) mass is 304 g/mol. The van der Waals surface area contributed by atoms with Gasteiger partial charge in [-0.1, -0.05) is 0 Å². The molecule has 2 atom stereocenters. The zero-order valence-electron chi connectivity index (χ0n) is 11.0. The van der Waals surface area contributed by atoms with Crippen LogP contribution in [0.25, 0.3) is 0 Å². The molecule has 0 radical (unpaired) electrons. The third-order valence-electron chi connectivity index (χ3n) is 2.86. The van der Waals surface area contributed by atoms with Gasteiger partial charge in [-0.25, -0.2) is 18.1 Å². The van der Waals surface area contributed by atoms with Crippen LogP contribution in [-0.4, -0.2) is 31.5 Å². The normalized spacial score (nSPS) is 23.5. The molecule has 1 N–H and O–H groups in total. The van der Waals surface area contributed by atoms with E-state index in [2.05, 4.69) is 9.71 Å². The molecule has 0 aliphatic carbocycles. The van der Waals surface area contributed by atoms with E-state index in [4.69, 9.17) is 4.74 Å². The molecular weight excluding hydrogens is 288 g/mol. The van der Waals surface area contributed by atoms with Gasteiger partial charge in [-0.05, 0) is 33.6 Å². The SMILES string of the molecule is Cc1nc(C)c(S(=O)(=O)NC(=O)[C@H]2CC[C@@H](C)O2)s1. The highest BCUT2D eigenvalue weighted by Crippen LogP contribution is 2.24. The number of nitrogens with zero attached hydrogens (tertiary/aromatic N) is 1. The Morgan fingerprint density at radius 2 is 2.11 bits per heavy atom. The van der Waals surface area contributed by atoms with Gasteiger partial charge in [0.1, 0.15) is 6.10 Å². The van der Waals surface area contributed by atoms with Crippen LogP contribution >= 0.6 is 11.3 Å². The Morgan fingerprint density at radius 3 is 2.58 bits per heavy atom. The number of nitrogens with one attached hydrogen (secondary N) is 1. The number of carbonyl (C=O) groups is 1. The van der Waals surface area contributed by atoms with Crippen molar-refractivity contribution in [3.05, 3.63) is 10.7 Å². The molecule has 106 valence electrons. The van der Waals surface area contributed by atoms with Gasteiger partial charge in [-0.2, -0.15) is 0 Å². The van der Waals surface area contributed by atoms with Crippen LogP contribution < -0.4 is 4.72 Å². The minimum atomic E-state index is -3.85. The molecule has 0 unspecified atom stereocenters. The molecule has 1 saturated heterocycles. The molecule has 2 rings (SSSR count). The van der Waals surface area contributed by atoms with Crippen LogP contribution in [0.1, 0.15) is 30.5 Å². The lowest BCUT2D eigenvalue weighted by Crippen LogP contribution is -2.38. The summed E-state index contributed by atoms with van der Waals surface area (Å²) in [7, 11) is -3.85. The van der Waals surface area contributed by atoms with E-state index in [0.29, 0.717) is 17.1 Å². The predicted molar refractivity (Wildman–Crippen MR) is 70.5 cm³/mol. The van der Waals surface area contributed by atoms with E-state index in [0.717, 1.165) is 17.8 Å². The van der Waals surface area contributed by atoms with Gasteiger partial charge in [0, 0.05) is 0 Å². The number of amides is 1. The maximum Gasteiger partial charge on any atom is 0.275 e. The van der Waals surface area contributed by atoms with Crippen LogP contribution in [0.3, 0.4) is 0 Å². The van der Waals surface area contributed by atoms with Crippen LogP contribution in [0, 0.1) is 13.8 Å². The zero-order valence-corrected chi connectivity index (χ0v) is 12.6. The fraction of sp³-hybridized carbons (Fsp3) is 0.636. The number of aryl methyl sites for hydroxylation is 2. The van der Waals surface area contributed by atoms with E-state index in [9.17, 15) is 13.2 Å². The maximum absolute atomic E-state index is 12.1. The molecule has 1 aromatic heterocycles. The first kappa shape index (κ1) is 14.4. The molecule has 2 heterocycles. The van der Waals surface area contributed by atoms with E-state index in [1.165, 1.54) is 0 Å². The van der Waals surface area contributed by atoms with Gasteiger partial charge in [0.05, 0.1) is 16.8 Å². The van der Waals surface area contributed by atoms with Gasteiger partial charge in [0.25, 0.3) is 15.9 Å². The summed E-state index contributed by atoms with van der Waals surface area (Å²) in [6, 6.07) is 0. The zero-order chi connectivity index (χ0) is 14.2. The van der Waals surface area contributed by atoms with E-state index >= 15 is 0 Å². The third-order valence-corrected chi connectivity index (χ3v) is 5.89. The Labute approximate surface area is 116 Å². The van der Waals surface area contributed by atoms with Gasteiger partial charge in [0.15, 0.2) is 4.21 Å². The number of aromatic nitrogens is 1. The molecule has 6 nitrogen and oxygen atoms in total. The van der Waals surface area contributed by atoms with Gasteiger partial charge < -0.3 is 4.74 Å². The molecule has 1 aliphatic rings. The summed E-state index contributed by atoms with van der Waals surface area (Å²) in [5.41, 5.74) is 0.406. The summed E-state index contributed by atoms with van der Waals surface area (Å²) in [6.45, 7) is 5.19. The Kier molecular flexibility index (Phi) is 3.93. The summed E-state index contributed by atoms with van der Waals surface area (Å²) < 4.78 is 31.7. The van der Waals surface area contributed by atoms with Crippen molar-refractivity contribution in [2.75, 3.05) is 0 Å². The van der Waals surface area contributed by atoms with Crippen molar-refractivity contribution in [1.82, 2.24) is 9.71 Å². The van der Waals surface area contributed by atoms with Gasteiger partial charge in [0.2, 0.25) is 0 Å². The number of carbonyl (C=O) groups excluding carboxylic acids is 1. The number of rotatable bonds is 3. The Bertz CT molecular complexity index is 594. The van der Waals surface area contributed by atoms with Crippen LogP contribution in [0.5, 0.6) is 0 Å². The van der Waals surface area contributed by atoms with Crippen molar-refractivity contribution in [2.24, 2.45) is 0 Å². The van der Waals surface area contributed by atoms with Crippen molar-refractivity contribution >= 4 is 27.3 Å². The second-order valence-electron chi connectivity index (χ2n) is 4.59. The fourth-order valence-electron chi connectivity index (χ4n) is 2.00. The molecule has 0 saturated carbocycles. The van der Waals surface area contributed by atoms with Crippen molar-refractivity contribution in [2.45, 2.75) is 50.0 Å². The van der Waals surface area contributed by atoms with Gasteiger partial charge in [-0.15, -0.1) is 11.3 Å². The molecule has 19 heavy (non-hydrogen) atoms. The van der Waals surface area contributed by atoms with E-state index in [1.54, 1.807) is 13.8 Å². The van der Waals surface area contributed by atoms with Crippen molar-refractivity contribution in [3.63, 3.8) is 0 Å². The fourth-order valence-corrected chi connectivity index (χ4v) is 4.50. The lowest BCUT2D eigenvalue weighted by Gasteiger charge is -2.11. The number of thiazole rings is 1. The smallest absolute Gasteiger partial charge is 0.275 e. The summed E-state index contributed by atoms with van der Waals surface area (Å²) in [5.74, 6) is -0.602. The second kappa shape index (κ2) is 5.18. The third kappa shape index (κ3) is 3.13. The number of ether oxygens (including phenoxy) is 1. The first-order valence-electron chi connectivity index (χ1n) is 5.96. The highest BCUT2D eigenvalue weighted by atomic mass is 32.2. The van der Waals surface area contributed by atoms with Gasteiger partial charge in [-0.3, -0.25) is 4.79 Å². The summed E-state index contributed by atoms with van der Waals surface area (Å²) in [6.07, 6.45) is 0.616. The average Bonchev–Trinajstić information content (AvgIpc) is 2.84. The molecule has 0 aromatic carbocycles. The quantitative estimate of drug-likeness (QED) is 0.905. The standard InChI is InChI=1S/C11H16N2O4S2/c1-6-4-5-9(17-6)10(14)13-19(15,16)11-7(2)12-8(3)18-11/h6,9H,4-5H2,1-3H3,(H,13,14)/t6-,9-/m1/s1. The highest BCUT2D eigenvalue weighted by molar-refractivity contribution is 7.92. The topological polar surface area (TPSA) is 85.4 Å². The molecule has 1 aromatic rings. The van der Waals surface area contributed by atoms with Crippen molar-refractivity contribution in [1.29, 1.82) is 0 Å². The second-order valence-corrected chi connectivity index (χ2v) is 7.67. The molecule has 1 aliphatic heterocycles. The predicted octanol–water partition coefficient (Wildman–Crippen LogP) is 1.13. The van der Waals surface area contributed by atoms with Gasteiger partial charge >= 0.3 is 0 Å². The number of hydrogen-bond donors (Lipinski definition) is 1. The lowest BCUT2D eigenvalue weighted by molar-refractivity contribution is -0.129. The van der Waals surface area contributed by atoms with Crippen molar-refractivity contribution < 1.29 is 17.9 Å². The maximum atomic E-state index is 12.1. The molecule has 1 fully saturated rings. The molecule has 0 bridgehead atoms. The minimum Gasteiger partial charge on any atom is -0.365 e. The number of hydrogen-bond acceptors (Lipinski definition) is 6. The Hall–Kier alpha value is -0.990. The largest absolute Gasteiger partial charge is 0.365 e. The van der Waals surface area contributed by atoms with Crippen LogP contribution in [0.2, 0.25) is 0 Å². The van der Waals surface area contributed by atoms with E-state index in [1.807, 2.05) is 6.92 Å². The minimum absolute atomic E-state index is 0.00848. The van der Waals surface area contributed by atoms with E-state index in [-0.39, 0.29) is 10.3 Å². The summed E-state index contributed by atoms with van der Waals surface area (Å²) in [5, 5.41) is 0.649. The number of sulfonamides is 1.